The lowest BCUT2D eigenvalue weighted by atomic mass is 10.0. The summed E-state index contributed by atoms with van der Waals surface area (Å²) in [6.07, 6.45) is 1.60. The Morgan fingerprint density at radius 2 is 1.72 bits per heavy atom. The van der Waals surface area contributed by atoms with Crippen molar-refractivity contribution in [3.8, 4) is 11.5 Å². The molecule has 0 spiro atoms. The van der Waals surface area contributed by atoms with Crippen molar-refractivity contribution in [3.05, 3.63) is 35.4 Å². The molecule has 0 aliphatic carbocycles. The topological polar surface area (TPSA) is 90.3 Å². The van der Waals surface area contributed by atoms with Gasteiger partial charge in [-0.15, -0.1) is 10.2 Å². The quantitative estimate of drug-likeness (QED) is 0.836. The van der Waals surface area contributed by atoms with E-state index in [9.17, 15) is 4.79 Å². The van der Waals surface area contributed by atoms with Crippen LogP contribution in [0, 0.1) is 6.92 Å². The van der Waals surface area contributed by atoms with Gasteiger partial charge in [-0.05, 0) is 44.0 Å². The third kappa shape index (κ3) is 4.20. The molecule has 0 fully saturated rings. The van der Waals surface area contributed by atoms with Crippen LogP contribution in [0.25, 0.3) is 0 Å². The molecule has 1 aromatic heterocycles. The number of carbonyl (C=O) groups excluding carboxylic acids is 1. The number of methoxy groups -OCH3 is 2. The molecule has 8 nitrogen and oxygen atoms in total. The van der Waals surface area contributed by atoms with E-state index in [1.807, 2.05) is 40.0 Å². The maximum Gasteiger partial charge on any atom is 0.315 e. The second kappa shape index (κ2) is 7.87. The number of ether oxygens (including phenoxy) is 2. The van der Waals surface area contributed by atoms with Crippen LogP contribution in [0.5, 0.6) is 11.5 Å². The van der Waals surface area contributed by atoms with Crippen LogP contribution < -0.4 is 20.1 Å². The lowest BCUT2D eigenvalue weighted by Crippen LogP contribution is -2.39. The van der Waals surface area contributed by atoms with Crippen LogP contribution in [0.3, 0.4) is 0 Å². The average Bonchev–Trinajstić information content (AvgIpc) is 3.00. The van der Waals surface area contributed by atoms with Crippen molar-refractivity contribution < 1.29 is 14.3 Å². The third-order valence-corrected chi connectivity index (χ3v) is 4.07. The second-order valence-electron chi connectivity index (χ2n) is 5.92. The van der Waals surface area contributed by atoms with Crippen molar-refractivity contribution in [2.24, 2.45) is 7.05 Å². The number of rotatable bonds is 6. The summed E-state index contributed by atoms with van der Waals surface area (Å²) in [4.78, 5) is 12.3. The van der Waals surface area contributed by atoms with Crippen molar-refractivity contribution >= 4 is 6.03 Å². The highest BCUT2D eigenvalue weighted by Gasteiger charge is 2.18. The maximum absolute atomic E-state index is 12.3. The number of hydrogen-bond acceptors (Lipinski definition) is 5. The Bertz CT molecular complexity index is 744. The number of aromatic nitrogens is 3. The average molecular weight is 347 g/mol. The maximum atomic E-state index is 12.3. The highest BCUT2D eigenvalue weighted by molar-refractivity contribution is 5.75. The molecule has 2 N–H and O–H groups in total. The summed E-state index contributed by atoms with van der Waals surface area (Å²) < 4.78 is 12.4. The number of urea groups is 1. The van der Waals surface area contributed by atoms with E-state index in [2.05, 4.69) is 20.8 Å². The second-order valence-corrected chi connectivity index (χ2v) is 5.92. The summed E-state index contributed by atoms with van der Waals surface area (Å²) in [5.41, 5.74) is 1.96. The monoisotopic (exact) mass is 347 g/mol. The lowest BCUT2D eigenvalue weighted by Gasteiger charge is -2.21. The van der Waals surface area contributed by atoms with Gasteiger partial charge in [0.05, 0.1) is 26.3 Å². The fourth-order valence-electron chi connectivity index (χ4n) is 2.72. The van der Waals surface area contributed by atoms with Crippen LogP contribution in [0.2, 0.25) is 0 Å². The Hall–Kier alpha value is -2.77. The fourth-order valence-corrected chi connectivity index (χ4v) is 2.72. The van der Waals surface area contributed by atoms with Crippen molar-refractivity contribution in [3.63, 3.8) is 0 Å². The van der Waals surface area contributed by atoms with Gasteiger partial charge in [-0.1, -0.05) is 0 Å². The van der Waals surface area contributed by atoms with Crippen molar-refractivity contribution in [2.45, 2.75) is 32.9 Å². The summed E-state index contributed by atoms with van der Waals surface area (Å²) >= 11 is 0. The minimum atomic E-state index is -0.280. The normalized spacial score (nSPS) is 13.0. The number of benzene rings is 1. The summed E-state index contributed by atoms with van der Waals surface area (Å²) in [7, 11) is 5.02. The molecule has 0 aliphatic rings. The zero-order valence-corrected chi connectivity index (χ0v) is 15.5. The smallest absolute Gasteiger partial charge is 0.315 e. The summed E-state index contributed by atoms with van der Waals surface area (Å²) in [5.74, 6) is 1.98. The van der Waals surface area contributed by atoms with E-state index >= 15 is 0 Å². The number of amides is 2. The van der Waals surface area contributed by atoms with Crippen LogP contribution >= 0.6 is 0 Å². The molecule has 8 heteroatoms. The van der Waals surface area contributed by atoms with Gasteiger partial charge in [0, 0.05) is 7.05 Å². The van der Waals surface area contributed by atoms with E-state index in [-0.39, 0.29) is 18.1 Å². The summed E-state index contributed by atoms with van der Waals surface area (Å²) in [6.45, 7) is 5.74. The molecule has 2 amide bonds. The first-order valence-electron chi connectivity index (χ1n) is 8.00. The molecular formula is C17H25N5O3. The van der Waals surface area contributed by atoms with E-state index in [0.717, 1.165) is 11.1 Å². The lowest BCUT2D eigenvalue weighted by molar-refractivity contribution is 0.234. The van der Waals surface area contributed by atoms with E-state index < -0.39 is 0 Å². The Kier molecular flexibility index (Phi) is 5.84. The molecule has 0 saturated heterocycles. The number of carbonyl (C=O) groups is 1. The molecule has 0 unspecified atom stereocenters. The summed E-state index contributed by atoms with van der Waals surface area (Å²) in [5, 5.41) is 13.6. The zero-order valence-electron chi connectivity index (χ0n) is 15.5. The molecule has 25 heavy (non-hydrogen) atoms. The van der Waals surface area contributed by atoms with Gasteiger partial charge in [-0.3, -0.25) is 0 Å². The van der Waals surface area contributed by atoms with Gasteiger partial charge >= 0.3 is 6.03 Å². The number of hydrogen-bond donors (Lipinski definition) is 2. The van der Waals surface area contributed by atoms with E-state index in [1.54, 1.807) is 25.1 Å². The molecule has 1 aromatic carbocycles. The SMILES string of the molecule is COc1cc(C)c([C@H](C)NC(=O)N[C@@H](C)c2nncn2C)cc1OC. The Morgan fingerprint density at radius 1 is 1.12 bits per heavy atom. The van der Waals surface area contributed by atoms with Crippen molar-refractivity contribution in [2.75, 3.05) is 14.2 Å². The molecule has 0 radical (unpaired) electrons. The number of nitrogens with zero attached hydrogens (tertiary/aromatic N) is 3. The standard InChI is InChI=1S/C17H25N5O3/c1-10-7-14(24-5)15(25-6)8-13(10)11(2)19-17(23)20-12(3)16-21-18-9-22(16)4/h7-9,11-12H,1-6H3,(H2,19,20,23)/t11-,12-/m0/s1. The molecular weight excluding hydrogens is 322 g/mol. The van der Waals surface area contributed by atoms with Crippen LogP contribution in [0.4, 0.5) is 4.79 Å². The minimum Gasteiger partial charge on any atom is -0.493 e. The first-order chi connectivity index (χ1) is 11.9. The largest absolute Gasteiger partial charge is 0.493 e. The van der Waals surface area contributed by atoms with Crippen LogP contribution in [-0.2, 0) is 7.05 Å². The van der Waals surface area contributed by atoms with Crippen molar-refractivity contribution in [1.82, 2.24) is 25.4 Å². The van der Waals surface area contributed by atoms with Gasteiger partial charge in [0.25, 0.3) is 0 Å². The van der Waals surface area contributed by atoms with E-state index in [0.29, 0.717) is 17.3 Å². The van der Waals surface area contributed by atoms with Gasteiger partial charge in [-0.25, -0.2) is 4.79 Å². The van der Waals surface area contributed by atoms with Gasteiger partial charge in [0.2, 0.25) is 0 Å². The van der Waals surface area contributed by atoms with Crippen LogP contribution in [-0.4, -0.2) is 35.0 Å². The summed E-state index contributed by atoms with van der Waals surface area (Å²) in [6, 6.07) is 3.03. The number of aryl methyl sites for hydroxylation is 2. The predicted molar refractivity (Wildman–Crippen MR) is 93.8 cm³/mol. The Labute approximate surface area is 147 Å². The molecule has 2 rings (SSSR count). The van der Waals surface area contributed by atoms with Gasteiger partial charge in [0.1, 0.15) is 6.33 Å². The van der Waals surface area contributed by atoms with Gasteiger partial charge in [0.15, 0.2) is 17.3 Å². The minimum absolute atomic E-state index is 0.202. The van der Waals surface area contributed by atoms with Crippen LogP contribution in [0.1, 0.15) is 42.9 Å². The van der Waals surface area contributed by atoms with Crippen molar-refractivity contribution in [1.29, 1.82) is 0 Å². The molecule has 136 valence electrons. The fraction of sp³-hybridized carbons (Fsp3) is 0.471. The predicted octanol–water partition coefficient (Wildman–Crippen LogP) is 2.26. The zero-order chi connectivity index (χ0) is 18.6. The van der Waals surface area contributed by atoms with E-state index in [1.165, 1.54) is 0 Å². The molecule has 2 aromatic rings. The molecule has 0 saturated carbocycles. The third-order valence-electron chi connectivity index (χ3n) is 4.07. The number of nitrogens with one attached hydrogen (secondary N) is 2. The van der Waals surface area contributed by atoms with Gasteiger partial charge in [-0.2, -0.15) is 0 Å². The highest BCUT2D eigenvalue weighted by atomic mass is 16.5. The first kappa shape index (κ1) is 18.6. The van der Waals surface area contributed by atoms with Gasteiger partial charge < -0.3 is 24.7 Å². The first-order valence-corrected chi connectivity index (χ1v) is 8.00. The highest BCUT2D eigenvalue weighted by Crippen LogP contribution is 2.32. The molecule has 1 heterocycles. The molecule has 0 aliphatic heterocycles. The molecule has 0 bridgehead atoms. The Balaban J connectivity index is 2.07. The molecule has 2 atom stereocenters. The Morgan fingerprint density at radius 3 is 2.28 bits per heavy atom. The van der Waals surface area contributed by atoms with Crippen LogP contribution in [0.15, 0.2) is 18.5 Å². The van der Waals surface area contributed by atoms with E-state index in [4.69, 9.17) is 9.47 Å².